The van der Waals surface area contributed by atoms with Gasteiger partial charge in [-0.25, -0.2) is 0 Å². The van der Waals surface area contributed by atoms with Crippen LogP contribution >= 0.6 is 0 Å². The Labute approximate surface area is 188 Å². The molecule has 11 N–H and O–H groups in total. The van der Waals surface area contributed by atoms with Gasteiger partial charge in [-0.15, -0.1) is 0 Å². The van der Waals surface area contributed by atoms with Gasteiger partial charge in [-0.05, 0) is 12.5 Å². The van der Waals surface area contributed by atoms with Crippen molar-refractivity contribution in [1.29, 1.82) is 0 Å². The molecule has 3 aliphatic rings. The third kappa shape index (κ3) is 5.24. The standard InChI is InChI=1S/C19H33NO13/c1-5-9(20-7-2-6(3-21)10(23)13(26)11(7)24)12(25)16(29)19(31-5)33-17-8(4-22)32-18(30)15(28)14(17)27/h2,5,7-30H,3-4H2,1H3/t5?,7?,8?,9-,10?,11?,12?,13?,14?,15?,16?,17-,18+,19-/m0/s1. The first-order valence-electron chi connectivity index (χ1n) is 10.6. The van der Waals surface area contributed by atoms with E-state index in [4.69, 9.17) is 14.2 Å². The summed E-state index contributed by atoms with van der Waals surface area (Å²) in [5.74, 6) is 0. The maximum atomic E-state index is 10.7. The van der Waals surface area contributed by atoms with Crippen LogP contribution in [0.5, 0.6) is 0 Å². The fourth-order valence-corrected chi connectivity index (χ4v) is 4.33. The number of rotatable bonds is 6. The fraction of sp³-hybridized carbons (Fsp3) is 0.895. The first-order valence-corrected chi connectivity index (χ1v) is 10.6. The summed E-state index contributed by atoms with van der Waals surface area (Å²) in [5, 5.41) is 103. The molecule has 0 aromatic carbocycles. The van der Waals surface area contributed by atoms with Crippen molar-refractivity contribution in [2.75, 3.05) is 13.2 Å². The maximum absolute atomic E-state index is 10.7. The van der Waals surface area contributed by atoms with Crippen LogP contribution in [0.1, 0.15) is 6.92 Å². The molecule has 2 aliphatic heterocycles. The maximum Gasteiger partial charge on any atom is 0.187 e. The molecule has 192 valence electrons. The van der Waals surface area contributed by atoms with Gasteiger partial charge in [0.2, 0.25) is 0 Å². The van der Waals surface area contributed by atoms with Crippen LogP contribution in [0, 0.1) is 0 Å². The molecule has 14 heteroatoms. The minimum Gasteiger partial charge on any atom is -0.394 e. The normalized spacial score (nSPS) is 51.3. The van der Waals surface area contributed by atoms with Gasteiger partial charge in [-0.1, -0.05) is 6.08 Å². The highest BCUT2D eigenvalue weighted by molar-refractivity contribution is 5.22. The molecule has 1 aliphatic carbocycles. The van der Waals surface area contributed by atoms with E-state index in [2.05, 4.69) is 5.32 Å². The van der Waals surface area contributed by atoms with Crippen molar-refractivity contribution in [2.24, 2.45) is 0 Å². The van der Waals surface area contributed by atoms with Crippen LogP contribution in [0.4, 0.5) is 0 Å². The second-order valence-electron chi connectivity index (χ2n) is 8.56. The van der Waals surface area contributed by atoms with Gasteiger partial charge in [-0.3, -0.25) is 0 Å². The first kappa shape index (κ1) is 26.8. The monoisotopic (exact) mass is 483 g/mol. The number of aliphatic hydroxyl groups is 10. The number of hydrogen-bond donors (Lipinski definition) is 11. The van der Waals surface area contributed by atoms with Crippen molar-refractivity contribution >= 4 is 0 Å². The van der Waals surface area contributed by atoms with Gasteiger partial charge in [0.15, 0.2) is 12.6 Å². The minimum atomic E-state index is -1.76. The summed E-state index contributed by atoms with van der Waals surface area (Å²) in [7, 11) is 0. The molecule has 0 amide bonds. The number of nitrogens with one attached hydrogen (secondary N) is 1. The van der Waals surface area contributed by atoms with E-state index in [0.29, 0.717) is 0 Å². The van der Waals surface area contributed by atoms with Crippen LogP contribution in [-0.2, 0) is 14.2 Å². The average molecular weight is 483 g/mol. The second kappa shape index (κ2) is 10.8. The zero-order valence-electron chi connectivity index (χ0n) is 17.8. The zero-order chi connectivity index (χ0) is 24.6. The molecule has 0 bridgehead atoms. The van der Waals surface area contributed by atoms with Crippen LogP contribution in [0.15, 0.2) is 11.6 Å². The van der Waals surface area contributed by atoms with Gasteiger partial charge in [0.05, 0.1) is 31.4 Å². The lowest BCUT2D eigenvalue weighted by molar-refractivity contribution is -0.345. The van der Waals surface area contributed by atoms with E-state index in [-0.39, 0.29) is 5.57 Å². The van der Waals surface area contributed by atoms with E-state index in [1.54, 1.807) is 0 Å². The number of hydrogen-bond acceptors (Lipinski definition) is 14. The Morgan fingerprint density at radius 1 is 0.848 bits per heavy atom. The number of ether oxygens (including phenoxy) is 3. The van der Waals surface area contributed by atoms with Gasteiger partial charge in [0.25, 0.3) is 0 Å². The summed E-state index contributed by atoms with van der Waals surface area (Å²) in [5.41, 5.74) is 0.0630. The van der Waals surface area contributed by atoms with Crippen molar-refractivity contribution in [3.05, 3.63) is 11.6 Å². The van der Waals surface area contributed by atoms with Crippen molar-refractivity contribution in [1.82, 2.24) is 5.32 Å². The molecule has 3 rings (SSSR count). The van der Waals surface area contributed by atoms with E-state index >= 15 is 0 Å². The lowest BCUT2D eigenvalue weighted by Gasteiger charge is -2.47. The van der Waals surface area contributed by atoms with E-state index < -0.39 is 98.9 Å². The molecular weight excluding hydrogens is 450 g/mol. The summed E-state index contributed by atoms with van der Waals surface area (Å²) < 4.78 is 16.1. The van der Waals surface area contributed by atoms with Crippen LogP contribution in [0.25, 0.3) is 0 Å². The lowest BCUT2D eigenvalue weighted by Crippen LogP contribution is -2.68. The highest BCUT2D eigenvalue weighted by Gasteiger charge is 2.50. The SMILES string of the molecule is CC1O[C@@H](O[C@H]2C(CO)O[C@@H](O)C(O)C2O)C(O)C(O)[C@H]1NC1C=C(CO)C(O)C(O)C1O. The van der Waals surface area contributed by atoms with Gasteiger partial charge in [-0.2, -0.15) is 0 Å². The molecule has 14 nitrogen and oxygen atoms in total. The molecule has 2 fully saturated rings. The predicted molar refractivity (Wildman–Crippen MR) is 105 cm³/mol. The Kier molecular flexibility index (Phi) is 8.80. The second-order valence-corrected chi connectivity index (χ2v) is 8.56. The predicted octanol–water partition coefficient (Wildman–Crippen LogP) is -6.39. The van der Waals surface area contributed by atoms with E-state index in [1.807, 2.05) is 0 Å². The van der Waals surface area contributed by atoms with E-state index in [9.17, 15) is 51.1 Å². The molecule has 0 saturated carbocycles. The Hall–Kier alpha value is -0.820. The smallest absolute Gasteiger partial charge is 0.187 e. The molecular formula is C19H33NO13. The Morgan fingerprint density at radius 2 is 1.52 bits per heavy atom. The van der Waals surface area contributed by atoms with E-state index in [0.717, 1.165) is 0 Å². The Morgan fingerprint density at radius 3 is 2.12 bits per heavy atom. The zero-order valence-corrected chi connectivity index (χ0v) is 17.8. The van der Waals surface area contributed by atoms with Crippen LogP contribution in [0.2, 0.25) is 0 Å². The van der Waals surface area contributed by atoms with Gasteiger partial charge < -0.3 is 70.6 Å². The summed E-state index contributed by atoms with van der Waals surface area (Å²) in [6, 6.07) is -2.02. The summed E-state index contributed by atoms with van der Waals surface area (Å²) >= 11 is 0. The quantitative estimate of drug-likeness (QED) is 0.157. The molecule has 0 aromatic rings. The topological polar surface area (TPSA) is 242 Å². The molecule has 0 spiro atoms. The van der Waals surface area contributed by atoms with Crippen molar-refractivity contribution < 1.29 is 65.3 Å². The molecule has 14 atom stereocenters. The van der Waals surface area contributed by atoms with Gasteiger partial charge in [0.1, 0.15) is 54.9 Å². The molecule has 2 heterocycles. The average Bonchev–Trinajstić information content (AvgIpc) is 2.79. The lowest BCUT2D eigenvalue weighted by atomic mass is 9.86. The highest BCUT2D eigenvalue weighted by atomic mass is 16.7. The van der Waals surface area contributed by atoms with Gasteiger partial charge >= 0.3 is 0 Å². The molecule has 10 unspecified atom stereocenters. The van der Waals surface area contributed by atoms with Crippen molar-refractivity contribution in [3.63, 3.8) is 0 Å². The molecule has 33 heavy (non-hydrogen) atoms. The minimum absolute atomic E-state index is 0.0630. The Balaban J connectivity index is 1.71. The fourth-order valence-electron chi connectivity index (χ4n) is 4.33. The highest BCUT2D eigenvalue weighted by Crippen LogP contribution is 2.29. The van der Waals surface area contributed by atoms with Crippen molar-refractivity contribution in [2.45, 2.75) is 92.6 Å². The Bertz CT molecular complexity index is 680. The van der Waals surface area contributed by atoms with Crippen molar-refractivity contribution in [3.8, 4) is 0 Å². The molecule has 0 aromatic heterocycles. The molecule has 0 radical (unpaired) electrons. The first-order chi connectivity index (χ1) is 15.5. The molecule has 2 saturated heterocycles. The van der Waals surface area contributed by atoms with Crippen LogP contribution in [0.3, 0.4) is 0 Å². The number of aliphatic hydroxyl groups excluding tert-OH is 10. The third-order valence-corrected chi connectivity index (χ3v) is 6.36. The van der Waals surface area contributed by atoms with E-state index in [1.165, 1.54) is 13.0 Å². The summed E-state index contributed by atoms with van der Waals surface area (Å²) in [4.78, 5) is 0. The largest absolute Gasteiger partial charge is 0.394 e. The third-order valence-electron chi connectivity index (χ3n) is 6.36. The summed E-state index contributed by atoms with van der Waals surface area (Å²) in [6.45, 7) is 0.249. The van der Waals surface area contributed by atoms with Gasteiger partial charge in [0, 0.05) is 0 Å². The van der Waals surface area contributed by atoms with Crippen LogP contribution in [-0.4, -0.2) is 150 Å². The van der Waals surface area contributed by atoms with Crippen LogP contribution < -0.4 is 5.32 Å². The summed E-state index contributed by atoms with van der Waals surface area (Å²) in [6.07, 6.45) is -16.8.